The molecule has 0 radical (unpaired) electrons. The molecule has 0 aliphatic carbocycles. The summed E-state index contributed by atoms with van der Waals surface area (Å²) in [5.41, 5.74) is 2.50. The van der Waals surface area contributed by atoms with Crippen LogP contribution in [0.3, 0.4) is 0 Å². The first-order valence-corrected chi connectivity index (χ1v) is 11.3. The Labute approximate surface area is 178 Å². The Morgan fingerprint density at radius 1 is 1.36 bits per heavy atom. The molecule has 1 atom stereocenters. The number of ether oxygens (including phenoxy) is 1. The molecule has 0 spiro atoms. The molecule has 3 heterocycles. The van der Waals surface area contributed by atoms with Crippen LogP contribution in [0.4, 0.5) is 0 Å². The molecule has 0 N–H and O–H groups in total. The highest BCUT2D eigenvalue weighted by molar-refractivity contribution is 8.05. The maximum Gasteiger partial charge on any atom is 0.0495 e. The molecule has 1 aliphatic rings. The molecular weight excluding hydrogens is 384 g/mol. The Kier molecular flexibility index (Phi) is 10.4. The van der Waals surface area contributed by atoms with Crippen molar-refractivity contribution in [2.24, 2.45) is 5.92 Å². The average Bonchev–Trinajstić information content (AvgIpc) is 3.22. The zero-order chi connectivity index (χ0) is 20.2. The average molecular weight is 415 g/mol. The number of thioether (sulfide) groups is 1. The molecule has 0 saturated carbocycles. The van der Waals surface area contributed by atoms with Crippen molar-refractivity contribution in [2.45, 2.75) is 49.8 Å². The van der Waals surface area contributed by atoms with E-state index in [1.165, 1.54) is 23.3 Å². The molecule has 0 bridgehead atoms. The first kappa shape index (κ1) is 22.7. The highest BCUT2D eigenvalue weighted by Crippen LogP contribution is 2.28. The van der Waals surface area contributed by atoms with Gasteiger partial charge in [-0.3, -0.25) is 9.97 Å². The third kappa shape index (κ3) is 8.63. The van der Waals surface area contributed by atoms with E-state index in [1.54, 1.807) is 29.7 Å². The monoisotopic (exact) mass is 414 g/mol. The largest absolute Gasteiger partial charge is 0.381 e. The van der Waals surface area contributed by atoms with Gasteiger partial charge >= 0.3 is 0 Å². The second kappa shape index (κ2) is 12.8. The maximum absolute atomic E-state index is 5.45. The number of rotatable bonds is 7. The van der Waals surface area contributed by atoms with Crippen LogP contribution in [0.15, 0.2) is 69.5 Å². The highest BCUT2D eigenvalue weighted by Gasteiger charge is 2.16. The topological polar surface area (TPSA) is 35.0 Å². The van der Waals surface area contributed by atoms with Crippen molar-refractivity contribution in [2.75, 3.05) is 13.2 Å². The molecule has 1 aliphatic heterocycles. The fourth-order valence-electron chi connectivity index (χ4n) is 2.76. The summed E-state index contributed by atoms with van der Waals surface area (Å²) in [6.07, 6.45) is 11.1. The molecule has 1 unspecified atom stereocenters. The van der Waals surface area contributed by atoms with Gasteiger partial charge in [0.1, 0.15) is 0 Å². The quantitative estimate of drug-likeness (QED) is 0.504. The van der Waals surface area contributed by atoms with E-state index in [1.807, 2.05) is 43.8 Å². The van der Waals surface area contributed by atoms with E-state index in [4.69, 9.17) is 4.74 Å². The summed E-state index contributed by atoms with van der Waals surface area (Å²) < 4.78 is 5.45. The minimum atomic E-state index is 0.721. The van der Waals surface area contributed by atoms with Crippen LogP contribution in [0.5, 0.6) is 0 Å². The minimum absolute atomic E-state index is 0.721. The first-order valence-electron chi connectivity index (χ1n) is 9.63. The van der Waals surface area contributed by atoms with Crippen molar-refractivity contribution in [3.63, 3.8) is 0 Å². The Morgan fingerprint density at radius 3 is 2.82 bits per heavy atom. The summed E-state index contributed by atoms with van der Waals surface area (Å²) in [7, 11) is 0. The molecular formula is C23H30N2OS2. The summed E-state index contributed by atoms with van der Waals surface area (Å²) >= 11 is 3.38. The summed E-state index contributed by atoms with van der Waals surface area (Å²) in [4.78, 5) is 12.2. The van der Waals surface area contributed by atoms with Crippen molar-refractivity contribution in [3.8, 4) is 0 Å². The van der Waals surface area contributed by atoms with Gasteiger partial charge in [-0.15, -0.1) is 11.8 Å². The number of aromatic nitrogens is 2. The number of allylic oxidation sites excluding steroid dienone is 2. The van der Waals surface area contributed by atoms with Gasteiger partial charge in [0.05, 0.1) is 0 Å². The Balaban J connectivity index is 0.000000345. The van der Waals surface area contributed by atoms with Crippen molar-refractivity contribution < 1.29 is 4.74 Å². The summed E-state index contributed by atoms with van der Waals surface area (Å²) in [6, 6.07) is 6.31. The zero-order valence-electron chi connectivity index (χ0n) is 17.1. The second-order valence-electron chi connectivity index (χ2n) is 6.76. The Bertz CT molecular complexity index is 756. The van der Waals surface area contributed by atoms with Crippen molar-refractivity contribution in [3.05, 3.63) is 71.0 Å². The van der Waals surface area contributed by atoms with Gasteiger partial charge < -0.3 is 4.74 Å². The number of hydrogen-bond donors (Lipinski definition) is 0. The number of aryl methyl sites for hydroxylation is 2. The standard InChI is InChI=1S/C17H20N2OS.C6H10S/c1-13-15(5-4-14-6-8-20-12-14)9-17(11-19-13)21-16-3-2-7-18-10-16;1-4-5-7-6(2)3/h2-3,7,9-11,14H,4-6,8,12H2,1H3;4-5H,2H2,1,3H3/b;5-4-. The van der Waals surface area contributed by atoms with Crippen LogP contribution in [0.25, 0.3) is 0 Å². The van der Waals surface area contributed by atoms with Gasteiger partial charge in [0.25, 0.3) is 0 Å². The Hall–Kier alpha value is -1.56. The molecule has 150 valence electrons. The molecule has 1 saturated heterocycles. The predicted octanol–water partition coefficient (Wildman–Crippen LogP) is 6.69. The number of pyridine rings is 2. The lowest BCUT2D eigenvalue weighted by molar-refractivity contribution is 0.184. The third-order valence-corrected chi connectivity index (χ3v) is 6.03. The van der Waals surface area contributed by atoms with Crippen LogP contribution in [0.2, 0.25) is 0 Å². The fourth-order valence-corrected chi connectivity index (χ4v) is 3.97. The van der Waals surface area contributed by atoms with Gasteiger partial charge in [-0.1, -0.05) is 24.4 Å². The minimum Gasteiger partial charge on any atom is -0.381 e. The maximum atomic E-state index is 5.45. The lowest BCUT2D eigenvalue weighted by atomic mass is 9.98. The van der Waals surface area contributed by atoms with Crippen molar-refractivity contribution in [1.29, 1.82) is 0 Å². The van der Waals surface area contributed by atoms with Gasteiger partial charge in [-0.2, -0.15) is 0 Å². The van der Waals surface area contributed by atoms with E-state index >= 15 is 0 Å². The molecule has 0 aromatic carbocycles. The molecule has 2 aromatic rings. The third-order valence-electron chi connectivity index (χ3n) is 4.29. The second-order valence-corrected chi connectivity index (χ2v) is 9.12. The summed E-state index contributed by atoms with van der Waals surface area (Å²) in [5.74, 6) is 0.721. The van der Waals surface area contributed by atoms with Crippen molar-refractivity contribution in [1.82, 2.24) is 9.97 Å². The molecule has 5 heteroatoms. The Morgan fingerprint density at radius 2 is 2.21 bits per heavy atom. The van der Waals surface area contributed by atoms with Crippen LogP contribution in [0, 0.1) is 12.8 Å². The zero-order valence-corrected chi connectivity index (χ0v) is 18.7. The van der Waals surface area contributed by atoms with E-state index in [0.29, 0.717) is 0 Å². The van der Waals surface area contributed by atoms with Gasteiger partial charge in [0, 0.05) is 47.3 Å². The summed E-state index contributed by atoms with van der Waals surface area (Å²) in [6.45, 7) is 11.6. The number of hydrogen-bond acceptors (Lipinski definition) is 5. The van der Waals surface area contributed by atoms with E-state index in [9.17, 15) is 0 Å². The fraction of sp³-hybridized carbons (Fsp3) is 0.391. The normalized spacial score (nSPS) is 16.0. The van der Waals surface area contributed by atoms with E-state index in [-0.39, 0.29) is 0 Å². The SMILES string of the molecule is C=C(C)S/C=C\C.Cc1ncc(Sc2cccnc2)cc1CCC1CCOC1. The predicted molar refractivity (Wildman–Crippen MR) is 122 cm³/mol. The molecule has 3 nitrogen and oxygen atoms in total. The first-order chi connectivity index (χ1) is 13.6. The van der Waals surface area contributed by atoms with Crippen LogP contribution < -0.4 is 0 Å². The van der Waals surface area contributed by atoms with E-state index in [0.717, 1.165) is 41.0 Å². The highest BCUT2D eigenvalue weighted by atomic mass is 32.2. The van der Waals surface area contributed by atoms with Gasteiger partial charge in [0.15, 0.2) is 0 Å². The number of nitrogens with zero attached hydrogens (tertiary/aromatic N) is 2. The molecule has 0 amide bonds. The van der Waals surface area contributed by atoms with Crippen LogP contribution in [-0.2, 0) is 11.2 Å². The van der Waals surface area contributed by atoms with Crippen LogP contribution >= 0.6 is 23.5 Å². The van der Waals surface area contributed by atoms with Crippen LogP contribution in [0.1, 0.15) is 37.9 Å². The lowest BCUT2D eigenvalue weighted by Gasteiger charge is -2.10. The van der Waals surface area contributed by atoms with E-state index < -0.39 is 0 Å². The van der Waals surface area contributed by atoms with Gasteiger partial charge in [-0.25, -0.2) is 0 Å². The summed E-state index contributed by atoms with van der Waals surface area (Å²) in [5, 5.41) is 2.02. The van der Waals surface area contributed by atoms with E-state index in [2.05, 4.69) is 35.6 Å². The van der Waals surface area contributed by atoms with Crippen molar-refractivity contribution >= 4 is 23.5 Å². The molecule has 1 fully saturated rings. The molecule has 3 rings (SSSR count). The molecule has 28 heavy (non-hydrogen) atoms. The smallest absolute Gasteiger partial charge is 0.0495 e. The lowest BCUT2D eigenvalue weighted by Crippen LogP contribution is -2.03. The van der Waals surface area contributed by atoms with Gasteiger partial charge in [-0.05, 0) is 80.0 Å². The molecule has 2 aromatic heterocycles. The van der Waals surface area contributed by atoms with Crippen LogP contribution in [-0.4, -0.2) is 23.2 Å². The van der Waals surface area contributed by atoms with Gasteiger partial charge in [0.2, 0.25) is 0 Å².